The van der Waals surface area contributed by atoms with Gasteiger partial charge in [0.2, 0.25) is 0 Å². The van der Waals surface area contributed by atoms with E-state index in [4.69, 9.17) is 0 Å². The molecule has 1 aliphatic rings. The predicted octanol–water partition coefficient (Wildman–Crippen LogP) is 15.3. The van der Waals surface area contributed by atoms with E-state index in [0.29, 0.717) is 0 Å². The highest BCUT2D eigenvalue weighted by Crippen LogP contribution is 2.45. The molecule has 11 rings (SSSR count). The fraction of sp³-hybridized carbons (Fsp3) is 0.0370. The molecule has 0 radical (unpaired) electrons. The molecule has 8 aromatic carbocycles. The van der Waals surface area contributed by atoms with E-state index < -0.39 is 0 Å². The van der Waals surface area contributed by atoms with Crippen LogP contribution in [-0.4, -0.2) is 4.57 Å². The van der Waals surface area contributed by atoms with E-state index in [9.17, 15) is 0 Å². The molecule has 0 fully saturated rings. The molecule has 2 heterocycles. The first-order valence-electron chi connectivity index (χ1n) is 19.9. The number of thiophene rings is 1. The Kier molecular flexibility index (Phi) is 8.49. The summed E-state index contributed by atoms with van der Waals surface area (Å²) in [6.07, 6.45) is 5.67. The topological polar surface area (TPSA) is 11.4 Å². The van der Waals surface area contributed by atoms with Crippen LogP contribution in [0.5, 0.6) is 0 Å². The van der Waals surface area contributed by atoms with E-state index in [0.717, 1.165) is 40.5 Å². The summed E-state index contributed by atoms with van der Waals surface area (Å²) in [5, 5.41) is 3.92. The zero-order chi connectivity index (χ0) is 38.4. The molecular weight excluding hydrogens is 723 g/mol. The first-order valence-corrected chi connectivity index (χ1v) is 20.8. The number of anilines is 6. The summed E-state index contributed by atoms with van der Waals surface area (Å²) in [5.74, 6) is 0.127. The van der Waals surface area contributed by atoms with Crippen LogP contribution in [0.4, 0.5) is 34.1 Å². The van der Waals surface area contributed by atoms with Crippen LogP contribution in [0.15, 0.2) is 212 Å². The van der Waals surface area contributed by atoms with Gasteiger partial charge >= 0.3 is 0 Å². The Morgan fingerprint density at radius 2 is 0.931 bits per heavy atom. The van der Waals surface area contributed by atoms with Crippen LogP contribution < -0.4 is 9.80 Å². The normalized spacial score (nSPS) is 13.6. The van der Waals surface area contributed by atoms with Gasteiger partial charge in [0.1, 0.15) is 0 Å². The molecule has 276 valence electrons. The fourth-order valence-corrected chi connectivity index (χ4v) is 9.95. The number of hydrogen-bond donors (Lipinski definition) is 0. The highest BCUT2D eigenvalue weighted by molar-refractivity contribution is 7.25. The summed E-state index contributed by atoms with van der Waals surface area (Å²) < 4.78 is 5.17. The molecule has 1 unspecified atom stereocenters. The minimum Gasteiger partial charge on any atom is -0.313 e. The minimum absolute atomic E-state index is 0.127. The molecule has 0 bridgehead atoms. The van der Waals surface area contributed by atoms with Crippen molar-refractivity contribution in [2.75, 3.05) is 9.80 Å². The molecule has 0 spiro atoms. The van der Waals surface area contributed by atoms with Crippen molar-refractivity contribution in [3.63, 3.8) is 0 Å². The van der Waals surface area contributed by atoms with E-state index in [-0.39, 0.29) is 5.92 Å². The number of allylic oxidation sites excluding steroid dienone is 1. The van der Waals surface area contributed by atoms with Gasteiger partial charge in [0.25, 0.3) is 0 Å². The first kappa shape index (κ1) is 34.1. The smallest absolute Gasteiger partial charge is 0.0537 e. The molecule has 0 aliphatic heterocycles. The van der Waals surface area contributed by atoms with Gasteiger partial charge < -0.3 is 14.4 Å². The Morgan fingerprint density at radius 3 is 1.52 bits per heavy atom. The molecule has 0 amide bonds. The summed E-state index contributed by atoms with van der Waals surface area (Å²) in [6.45, 7) is 0. The first-order chi connectivity index (χ1) is 28.8. The third kappa shape index (κ3) is 5.98. The van der Waals surface area contributed by atoms with Crippen molar-refractivity contribution >= 4 is 82.6 Å². The van der Waals surface area contributed by atoms with Gasteiger partial charge in [-0.25, -0.2) is 0 Å². The second-order valence-electron chi connectivity index (χ2n) is 15.0. The summed E-state index contributed by atoms with van der Waals surface area (Å²) in [5.41, 5.74) is 13.0. The van der Waals surface area contributed by atoms with Crippen molar-refractivity contribution in [3.05, 3.63) is 229 Å². The number of nitrogens with zero attached hydrogens (tertiary/aromatic N) is 3. The van der Waals surface area contributed by atoms with Crippen molar-refractivity contribution in [2.24, 2.45) is 0 Å². The predicted molar refractivity (Wildman–Crippen MR) is 247 cm³/mol. The van der Waals surface area contributed by atoms with E-state index in [1.165, 1.54) is 53.6 Å². The number of aromatic nitrogens is 1. The molecule has 0 saturated carbocycles. The van der Waals surface area contributed by atoms with Gasteiger partial charge in [0.15, 0.2) is 0 Å². The summed E-state index contributed by atoms with van der Waals surface area (Å²) in [6, 6.07) is 74.8. The SMILES string of the molecule is C1=CC(c2cc(N(c3ccccc3)c3ccccc3)cc(N(c3ccccc3)c3ccccc3)c2)Cc2c1c1ccccc1n2-c1ccc2sc3ccccc3c2c1. The minimum atomic E-state index is 0.127. The van der Waals surface area contributed by atoms with Crippen LogP contribution in [0.2, 0.25) is 0 Å². The Bertz CT molecular complexity index is 2910. The van der Waals surface area contributed by atoms with E-state index >= 15 is 0 Å². The quantitative estimate of drug-likeness (QED) is 0.153. The van der Waals surface area contributed by atoms with E-state index in [1.807, 2.05) is 11.3 Å². The monoisotopic (exact) mass is 761 g/mol. The Balaban J connectivity index is 1.11. The van der Waals surface area contributed by atoms with E-state index in [2.05, 4.69) is 233 Å². The maximum Gasteiger partial charge on any atom is 0.0537 e. The Labute approximate surface area is 342 Å². The van der Waals surface area contributed by atoms with E-state index in [1.54, 1.807) is 0 Å². The van der Waals surface area contributed by atoms with Crippen LogP contribution >= 0.6 is 11.3 Å². The van der Waals surface area contributed by atoms with Crippen molar-refractivity contribution in [2.45, 2.75) is 12.3 Å². The van der Waals surface area contributed by atoms with Crippen LogP contribution in [0, 0.1) is 0 Å². The van der Waals surface area contributed by atoms with Crippen molar-refractivity contribution < 1.29 is 0 Å². The van der Waals surface area contributed by atoms with Gasteiger partial charge in [0.05, 0.1) is 5.52 Å². The number of hydrogen-bond acceptors (Lipinski definition) is 3. The highest BCUT2D eigenvalue weighted by atomic mass is 32.1. The lowest BCUT2D eigenvalue weighted by Crippen LogP contribution is -2.15. The zero-order valence-electron chi connectivity index (χ0n) is 31.8. The summed E-state index contributed by atoms with van der Waals surface area (Å²) in [4.78, 5) is 4.77. The van der Waals surface area contributed by atoms with Gasteiger partial charge in [-0.15, -0.1) is 11.3 Å². The summed E-state index contributed by atoms with van der Waals surface area (Å²) in [7, 11) is 0. The largest absolute Gasteiger partial charge is 0.313 e. The molecule has 0 N–H and O–H groups in total. The lowest BCUT2D eigenvalue weighted by Gasteiger charge is -2.31. The second-order valence-corrected chi connectivity index (χ2v) is 16.0. The average molecular weight is 762 g/mol. The molecule has 4 heteroatoms. The molecule has 2 aromatic heterocycles. The molecule has 3 nitrogen and oxygen atoms in total. The lowest BCUT2D eigenvalue weighted by molar-refractivity contribution is 0.783. The third-order valence-corrected chi connectivity index (χ3v) is 12.6. The molecule has 1 aliphatic carbocycles. The van der Waals surface area contributed by atoms with Crippen LogP contribution in [0.3, 0.4) is 0 Å². The number of rotatable bonds is 8. The van der Waals surface area contributed by atoms with Gasteiger partial charge in [-0.05, 0) is 109 Å². The van der Waals surface area contributed by atoms with Crippen molar-refractivity contribution in [1.82, 2.24) is 4.57 Å². The number of benzene rings is 8. The standard InChI is InChI=1S/C54H39N3S/c1-5-17-40(18-6-1)55(41-19-7-2-8-20-41)45-33-39(34-46(36-45)56(42-21-9-3-10-22-42)43-23-11-4-12-24-43)38-29-31-48-47-25-13-15-27-51(47)57(52(48)35-38)44-30-32-54-50(37-44)49-26-14-16-28-53(49)58-54/h1-34,36-38H,35H2. The van der Waals surface area contributed by atoms with Gasteiger partial charge in [-0.1, -0.05) is 121 Å². The zero-order valence-corrected chi connectivity index (χ0v) is 32.6. The van der Waals surface area contributed by atoms with Gasteiger partial charge in [0, 0.05) is 82.5 Å². The van der Waals surface area contributed by atoms with Crippen molar-refractivity contribution in [3.8, 4) is 5.69 Å². The van der Waals surface area contributed by atoms with Gasteiger partial charge in [-0.2, -0.15) is 0 Å². The molecule has 58 heavy (non-hydrogen) atoms. The maximum absolute atomic E-state index is 2.53. The lowest BCUT2D eigenvalue weighted by atomic mass is 9.87. The molecule has 10 aromatic rings. The third-order valence-electron chi connectivity index (χ3n) is 11.5. The maximum atomic E-state index is 2.53. The van der Waals surface area contributed by atoms with Crippen LogP contribution in [0.1, 0.15) is 22.7 Å². The Morgan fingerprint density at radius 1 is 0.431 bits per heavy atom. The number of fused-ring (bicyclic) bond motifs is 6. The molecule has 1 atom stereocenters. The van der Waals surface area contributed by atoms with Crippen LogP contribution in [-0.2, 0) is 6.42 Å². The van der Waals surface area contributed by atoms with Gasteiger partial charge in [-0.3, -0.25) is 0 Å². The summed E-state index contributed by atoms with van der Waals surface area (Å²) >= 11 is 1.87. The van der Waals surface area contributed by atoms with Crippen molar-refractivity contribution in [1.29, 1.82) is 0 Å². The molecule has 0 saturated heterocycles. The average Bonchev–Trinajstić information content (AvgIpc) is 3.83. The fourth-order valence-electron chi connectivity index (χ4n) is 8.86. The van der Waals surface area contributed by atoms with Crippen LogP contribution in [0.25, 0.3) is 42.8 Å². The second kappa shape index (κ2) is 14.4. The Hall–Kier alpha value is -7.14. The number of para-hydroxylation sites is 5. The molecular formula is C54H39N3S. The highest BCUT2D eigenvalue weighted by Gasteiger charge is 2.27.